The number of likely N-dealkylation sites (tertiary alicyclic amines) is 1. The van der Waals surface area contributed by atoms with Gasteiger partial charge in [0.1, 0.15) is 6.26 Å². The van der Waals surface area contributed by atoms with Crippen LogP contribution in [0.1, 0.15) is 61.3 Å². The Bertz CT molecular complexity index is 465. The number of hydrogen-bond acceptors (Lipinski definition) is 4. The third-order valence-electron chi connectivity index (χ3n) is 4.45. The van der Waals surface area contributed by atoms with Crippen LogP contribution in [-0.4, -0.2) is 41.5 Å². The maximum atomic E-state index is 12.5. The smallest absolute Gasteiger partial charge is 0.276 e. The van der Waals surface area contributed by atoms with Crippen LogP contribution in [0.15, 0.2) is 10.7 Å². The molecule has 1 N–H and O–H groups in total. The molecule has 1 aromatic heterocycles. The molecule has 3 heterocycles. The first-order valence-corrected chi connectivity index (χ1v) is 7.73. The van der Waals surface area contributed by atoms with Gasteiger partial charge < -0.3 is 14.6 Å². The number of nitrogens with one attached hydrogen (secondary N) is 1. The molecule has 2 fully saturated rings. The highest BCUT2D eigenvalue weighted by Gasteiger charge is 2.28. The minimum atomic E-state index is 0.0240. The van der Waals surface area contributed by atoms with Crippen LogP contribution in [-0.2, 0) is 0 Å². The number of carbonyl (C=O) groups excluding carboxylic acids is 1. The van der Waals surface area contributed by atoms with Gasteiger partial charge >= 0.3 is 0 Å². The largest absolute Gasteiger partial charge is 0.448 e. The molecule has 5 heteroatoms. The van der Waals surface area contributed by atoms with Crippen LogP contribution in [0, 0.1) is 0 Å². The molecule has 2 unspecified atom stereocenters. The van der Waals surface area contributed by atoms with Crippen molar-refractivity contribution in [2.75, 3.05) is 19.6 Å². The Balaban J connectivity index is 1.70. The quantitative estimate of drug-likeness (QED) is 0.900. The van der Waals surface area contributed by atoms with Gasteiger partial charge in [0, 0.05) is 25.0 Å². The van der Waals surface area contributed by atoms with Crippen molar-refractivity contribution in [3.63, 3.8) is 0 Å². The average molecular weight is 277 g/mol. The summed E-state index contributed by atoms with van der Waals surface area (Å²) >= 11 is 0. The fourth-order valence-corrected chi connectivity index (χ4v) is 3.18. The molecule has 110 valence electrons. The Morgan fingerprint density at radius 3 is 3.05 bits per heavy atom. The molecule has 3 rings (SSSR count). The lowest BCUT2D eigenvalue weighted by atomic mass is 10.00. The van der Waals surface area contributed by atoms with Crippen LogP contribution < -0.4 is 5.32 Å². The predicted octanol–water partition coefficient (Wildman–Crippen LogP) is 2.16. The molecular weight excluding hydrogens is 254 g/mol. The molecule has 0 spiro atoms. The molecule has 20 heavy (non-hydrogen) atoms. The first-order valence-electron chi connectivity index (χ1n) is 7.73. The van der Waals surface area contributed by atoms with Gasteiger partial charge in [0.25, 0.3) is 5.91 Å². The number of piperidine rings is 2. The number of nitrogens with zero attached hydrogens (tertiary/aromatic N) is 2. The first-order chi connectivity index (χ1) is 9.75. The van der Waals surface area contributed by atoms with E-state index in [9.17, 15) is 4.79 Å². The Labute approximate surface area is 119 Å². The second-order valence-corrected chi connectivity index (χ2v) is 5.96. The van der Waals surface area contributed by atoms with Gasteiger partial charge in [-0.25, -0.2) is 4.98 Å². The molecule has 0 aliphatic carbocycles. The van der Waals surface area contributed by atoms with Crippen molar-refractivity contribution < 1.29 is 9.21 Å². The molecule has 0 saturated carbocycles. The van der Waals surface area contributed by atoms with Crippen LogP contribution in [0.3, 0.4) is 0 Å². The maximum absolute atomic E-state index is 12.5. The van der Waals surface area contributed by atoms with E-state index in [1.54, 1.807) is 0 Å². The van der Waals surface area contributed by atoms with Crippen molar-refractivity contribution in [2.24, 2.45) is 0 Å². The number of oxazole rings is 1. The molecule has 0 aromatic carbocycles. The van der Waals surface area contributed by atoms with E-state index in [-0.39, 0.29) is 5.91 Å². The molecular formula is C15H23N3O2. The summed E-state index contributed by atoms with van der Waals surface area (Å²) in [5.74, 6) is 1.05. The highest BCUT2D eigenvalue weighted by atomic mass is 16.3. The van der Waals surface area contributed by atoms with E-state index < -0.39 is 0 Å². The van der Waals surface area contributed by atoms with Crippen molar-refractivity contribution in [1.29, 1.82) is 0 Å². The van der Waals surface area contributed by atoms with Gasteiger partial charge in [-0.1, -0.05) is 0 Å². The topological polar surface area (TPSA) is 58.4 Å². The lowest BCUT2D eigenvalue weighted by Crippen LogP contribution is -2.42. The highest BCUT2D eigenvalue weighted by molar-refractivity contribution is 5.92. The van der Waals surface area contributed by atoms with E-state index in [0.29, 0.717) is 23.5 Å². The van der Waals surface area contributed by atoms with Crippen LogP contribution >= 0.6 is 0 Å². The minimum absolute atomic E-state index is 0.0240. The molecule has 5 nitrogen and oxygen atoms in total. The van der Waals surface area contributed by atoms with Gasteiger partial charge in [0.15, 0.2) is 11.6 Å². The Morgan fingerprint density at radius 1 is 1.40 bits per heavy atom. The van der Waals surface area contributed by atoms with Crippen LogP contribution in [0.25, 0.3) is 0 Å². The number of aromatic nitrogens is 1. The second-order valence-electron chi connectivity index (χ2n) is 5.96. The molecule has 2 aliphatic heterocycles. The van der Waals surface area contributed by atoms with E-state index in [1.807, 2.05) is 4.90 Å². The van der Waals surface area contributed by atoms with Crippen LogP contribution in [0.5, 0.6) is 0 Å². The lowest BCUT2D eigenvalue weighted by Gasteiger charge is -2.32. The predicted molar refractivity (Wildman–Crippen MR) is 75.7 cm³/mol. The van der Waals surface area contributed by atoms with Crippen molar-refractivity contribution in [2.45, 2.75) is 51.0 Å². The van der Waals surface area contributed by atoms with E-state index in [2.05, 4.69) is 17.2 Å². The van der Waals surface area contributed by atoms with Gasteiger partial charge in [0.2, 0.25) is 0 Å². The second kappa shape index (κ2) is 5.95. The standard InChI is InChI=1S/C15H23N3O2/c1-11-5-2-3-8-18(11)15(19)13-10-20-14(17-13)12-6-4-7-16-9-12/h10-12,16H,2-9H2,1H3. The summed E-state index contributed by atoms with van der Waals surface area (Å²) in [6, 6.07) is 0.313. The molecule has 1 aromatic rings. The fraction of sp³-hybridized carbons (Fsp3) is 0.733. The maximum Gasteiger partial charge on any atom is 0.276 e. The normalized spacial score (nSPS) is 27.6. The van der Waals surface area contributed by atoms with Gasteiger partial charge in [-0.2, -0.15) is 0 Å². The van der Waals surface area contributed by atoms with E-state index in [1.165, 1.54) is 12.7 Å². The van der Waals surface area contributed by atoms with Gasteiger partial charge in [-0.05, 0) is 45.6 Å². The summed E-state index contributed by atoms with van der Waals surface area (Å²) in [5, 5.41) is 3.35. The number of hydrogen-bond donors (Lipinski definition) is 1. The molecule has 2 atom stereocenters. The summed E-state index contributed by atoms with van der Waals surface area (Å²) < 4.78 is 5.55. The molecule has 1 amide bonds. The van der Waals surface area contributed by atoms with E-state index in [4.69, 9.17) is 4.42 Å². The average Bonchev–Trinajstić information content (AvgIpc) is 2.98. The molecule has 2 aliphatic rings. The summed E-state index contributed by atoms with van der Waals surface area (Å²) in [4.78, 5) is 18.9. The number of carbonyl (C=O) groups is 1. The van der Waals surface area contributed by atoms with Crippen LogP contribution in [0.2, 0.25) is 0 Å². The van der Waals surface area contributed by atoms with E-state index >= 15 is 0 Å². The van der Waals surface area contributed by atoms with Crippen molar-refractivity contribution in [3.8, 4) is 0 Å². The van der Waals surface area contributed by atoms with E-state index in [0.717, 1.165) is 45.3 Å². The Hall–Kier alpha value is -1.36. The molecule has 2 saturated heterocycles. The zero-order valence-corrected chi connectivity index (χ0v) is 12.1. The van der Waals surface area contributed by atoms with Crippen LogP contribution in [0.4, 0.5) is 0 Å². The lowest BCUT2D eigenvalue weighted by molar-refractivity contribution is 0.0629. The Kier molecular flexibility index (Phi) is 4.05. The van der Waals surface area contributed by atoms with Gasteiger partial charge in [0.05, 0.1) is 0 Å². The highest BCUT2D eigenvalue weighted by Crippen LogP contribution is 2.24. The number of amides is 1. The fourth-order valence-electron chi connectivity index (χ4n) is 3.18. The molecule has 0 bridgehead atoms. The summed E-state index contributed by atoms with van der Waals surface area (Å²) in [6.45, 7) is 4.92. The third kappa shape index (κ3) is 2.73. The molecule has 0 radical (unpaired) electrons. The zero-order valence-electron chi connectivity index (χ0n) is 12.1. The van der Waals surface area contributed by atoms with Crippen molar-refractivity contribution in [1.82, 2.24) is 15.2 Å². The third-order valence-corrected chi connectivity index (χ3v) is 4.45. The number of rotatable bonds is 2. The first kappa shape index (κ1) is 13.6. The minimum Gasteiger partial charge on any atom is -0.448 e. The van der Waals surface area contributed by atoms with Crippen molar-refractivity contribution >= 4 is 5.91 Å². The summed E-state index contributed by atoms with van der Waals surface area (Å²) in [5.41, 5.74) is 0.472. The summed E-state index contributed by atoms with van der Waals surface area (Å²) in [6.07, 6.45) is 7.15. The van der Waals surface area contributed by atoms with Gasteiger partial charge in [-0.15, -0.1) is 0 Å². The Morgan fingerprint density at radius 2 is 2.30 bits per heavy atom. The monoisotopic (exact) mass is 277 g/mol. The summed E-state index contributed by atoms with van der Waals surface area (Å²) in [7, 11) is 0. The van der Waals surface area contributed by atoms with Gasteiger partial charge in [-0.3, -0.25) is 4.79 Å². The zero-order chi connectivity index (χ0) is 13.9. The van der Waals surface area contributed by atoms with Crippen molar-refractivity contribution in [3.05, 3.63) is 17.8 Å². The SMILES string of the molecule is CC1CCCCN1C(=O)c1coc(C2CCCNC2)n1.